The van der Waals surface area contributed by atoms with E-state index in [1.807, 2.05) is 0 Å². The fraction of sp³-hybridized carbons (Fsp3) is 0.350. The first kappa shape index (κ1) is 22.2. The van der Waals surface area contributed by atoms with Crippen LogP contribution in [0.15, 0.2) is 40.9 Å². The first-order valence-electron chi connectivity index (χ1n) is 8.83. The average molecular weight is 510 g/mol. The molecule has 1 aliphatic heterocycles. The van der Waals surface area contributed by atoms with Crippen LogP contribution in [-0.2, 0) is 16.8 Å². The lowest BCUT2D eigenvalue weighted by atomic mass is 9.79. The summed E-state index contributed by atoms with van der Waals surface area (Å²) >= 11 is 15.4. The molecule has 1 fully saturated rings. The summed E-state index contributed by atoms with van der Waals surface area (Å²) in [7, 11) is 0. The fourth-order valence-corrected chi connectivity index (χ4v) is 4.62. The van der Waals surface area contributed by atoms with E-state index in [1.54, 1.807) is 23.1 Å². The lowest BCUT2D eigenvalue weighted by molar-refractivity contribution is -0.184. The second kappa shape index (κ2) is 8.36. The van der Waals surface area contributed by atoms with Crippen LogP contribution in [0.5, 0.6) is 0 Å². The average Bonchev–Trinajstić information content (AvgIpc) is 3.06. The molecular formula is C20H18BrCl2F3N2O. The van der Waals surface area contributed by atoms with Crippen LogP contribution in [0.2, 0.25) is 10.0 Å². The van der Waals surface area contributed by atoms with Gasteiger partial charge in [0.2, 0.25) is 5.91 Å². The molecule has 0 aromatic heterocycles. The highest BCUT2D eigenvalue weighted by molar-refractivity contribution is 9.10. The molecule has 3 rings (SSSR count). The molecular weight excluding hydrogens is 492 g/mol. The maximum Gasteiger partial charge on any atom is 0.400 e. The highest BCUT2D eigenvalue weighted by Crippen LogP contribution is 2.49. The molecule has 9 heteroatoms. The van der Waals surface area contributed by atoms with Crippen molar-refractivity contribution in [2.75, 3.05) is 18.0 Å². The number of hydrogen-bond donors (Lipinski definition) is 1. The summed E-state index contributed by atoms with van der Waals surface area (Å²) in [5, 5.41) is 3.06. The van der Waals surface area contributed by atoms with E-state index in [4.69, 9.17) is 23.2 Å². The number of carbonyl (C=O) groups is 1. The van der Waals surface area contributed by atoms with Crippen molar-refractivity contribution in [2.45, 2.75) is 31.5 Å². The van der Waals surface area contributed by atoms with Crippen molar-refractivity contribution < 1.29 is 18.0 Å². The number of rotatable bonds is 4. The molecule has 29 heavy (non-hydrogen) atoms. The Hall–Kier alpha value is -1.44. The Balaban J connectivity index is 1.91. The van der Waals surface area contributed by atoms with Crippen LogP contribution in [0, 0.1) is 0 Å². The standard InChI is InChI=1S/C20H18BrCl2F3N2O/c1-12(29)27-10-13-2-3-17(9-18(13)21)28-5-4-19(11-28,20(24,25)26)14-6-15(22)8-16(23)7-14/h2-3,6-9H,4-5,10-11H2,1H3,(H,27,29). The number of alkyl halides is 3. The van der Waals surface area contributed by atoms with Gasteiger partial charge in [0.25, 0.3) is 0 Å². The van der Waals surface area contributed by atoms with Gasteiger partial charge in [-0.1, -0.05) is 45.2 Å². The van der Waals surface area contributed by atoms with Crippen molar-refractivity contribution in [2.24, 2.45) is 0 Å². The summed E-state index contributed by atoms with van der Waals surface area (Å²) in [5.74, 6) is -0.157. The number of carbonyl (C=O) groups excluding carboxylic acids is 1. The van der Waals surface area contributed by atoms with Crippen LogP contribution < -0.4 is 10.2 Å². The topological polar surface area (TPSA) is 32.3 Å². The van der Waals surface area contributed by atoms with Crippen LogP contribution in [0.1, 0.15) is 24.5 Å². The molecule has 0 radical (unpaired) electrons. The third-order valence-corrected chi connectivity index (χ3v) is 6.33. The van der Waals surface area contributed by atoms with Gasteiger partial charge in [0, 0.05) is 46.8 Å². The first-order valence-corrected chi connectivity index (χ1v) is 10.4. The molecule has 0 bridgehead atoms. The number of nitrogens with zero attached hydrogens (tertiary/aromatic N) is 1. The molecule has 1 unspecified atom stereocenters. The van der Waals surface area contributed by atoms with Crippen LogP contribution in [0.4, 0.5) is 18.9 Å². The van der Waals surface area contributed by atoms with Crippen molar-refractivity contribution in [3.8, 4) is 0 Å². The summed E-state index contributed by atoms with van der Waals surface area (Å²) in [5.41, 5.74) is -0.469. The Labute approximate surface area is 185 Å². The largest absolute Gasteiger partial charge is 0.400 e. The van der Waals surface area contributed by atoms with E-state index in [0.717, 1.165) is 10.0 Å². The molecule has 156 valence electrons. The first-order chi connectivity index (χ1) is 13.5. The summed E-state index contributed by atoms with van der Waals surface area (Å²) < 4.78 is 43.4. The van der Waals surface area contributed by atoms with E-state index in [1.165, 1.54) is 25.1 Å². The maximum absolute atomic E-state index is 14.2. The second-order valence-electron chi connectivity index (χ2n) is 7.09. The van der Waals surface area contributed by atoms with Gasteiger partial charge in [0.15, 0.2) is 0 Å². The van der Waals surface area contributed by atoms with E-state index in [-0.39, 0.29) is 41.0 Å². The molecule has 1 saturated heterocycles. The summed E-state index contributed by atoms with van der Waals surface area (Å²) in [4.78, 5) is 12.8. The molecule has 1 heterocycles. The van der Waals surface area contributed by atoms with Crippen molar-refractivity contribution in [3.05, 3.63) is 62.0 Å². The SMILES string of the molecule is CC(=O)NCc1ccc(N2CCC(c3cc(Cl)cc(Cl)c3)(C(F)(F)F)C2)cc1Br. The van der Waals surface area contributed by atoms with Gasteiger partial charge in [0.05, 0.1) is 0 Å². The quantitative estimate of drug-likeness (QED) is 0.539. The molecule has 2 aromatic carbocycles. The molecule has 1 amide bonds. The zero-order valence-corrected chi connectivity index (χ0v) is 18.5. The van der Waals surface area contributed by atoms with E-state index in [2.05, 4.69) is 21.2 Å². The van der Waals surface area contributed by atoms with E-state index in [0.29, 0.717) is 12.2 Å². The predicted molar refractivity (Wildman–Crippen MR) is 113 cm³/mol. The van der Waals surface area contributed by atoms with Gasteiger partial charge in [-0.2, -0.15) is 13.2 Å². The fourth-order valence-electron chi connectivity index (χ4n) is 3.59. The Bertz CT molecular complexity index is 918. The van der Waals surface area contributed by atoms with E-state index >= 15 is 0 Å². The predicted octanol–water partition coefficient (Wildman–Crippen LogP) is 6.10. The van der Waals surface area contributed by atoms with Gasteiger partial charge in [-0.3, -0.25) is 4.79 Å². The van der Waals surface area contributed by atoms with Gasteiger partial charge < -0.3 is 10.2 Å². The number of benzene rings is 2. The third-order valence-electron chi connectivity index (χ3n) is 5.16. The number of amides is 1. The van der Waals surface area contributed by atoms with Crippen molar-refractivity contribution in [1.82, 2.24) is 5.32 Å². The molecule has 1 aliphatic rings. The summed E-state index contributed by atoms with van der Waals surface area (Å²) in [6, 6.07) is 9.44. The van der Waals surface area contributed by atoms with E-state index in [9.17, 15) is 18.0 Å². The number of halogens is 6. The minimum atomic E-state index is -4.46. The summed E-state index contributed by atoms with van der Waals surface area (Å²) in [6.45, 7) is 1.76. The minimum Gasteiger partial charge on any atom is -0.370 e. The van der Waals surface area contributed by atoms with Gasteiger partial charge in [-0.05, 0) is 47.9 Å². The minimum absolute atomic E-state index is 0.0753. The highest BCUT2D eigenvalue weighted by atomic mass is 79.9. The van der Waals surface area contributed by atoms with Gasteiger partial charge in [-0.25, -0.2) is 0 Å². The monoisotopic (exact) mass is 508 g/mol. The van der Waals surface area contributed by atoms with Crippen LogP contribution >= 0.6 is 39.1 Å². The van der Waals surface area contributed by atoms with Gasteiger partial charge in [0.1, 0.15) is 5.41 Å². The molecule has 0 aliphatic carbocycles. The zero-order valence-electron chi connectivity index (χ0n) is 15.4. The van der Waals surface area contributed by atoms with Crippen LogP contribution in [-0.4, -0.2) is 25.2 Å². The normalized spacial score (nSPS) is 19.5. The van der Waals surface area contributed by atoms with Crippen molar-refractivity contribution >= 4 is 50.7 Å². The molecule has 1 atom stereocenters. The summed E-state index contributed by atoms with van der Waals surface area (Å²) in [6.07, 6.45) is -4.56. The van der Waals surface area contributed by atoms with E-state index < -0.39 is 11.6 Å². The van der Waals surface area contributed by atoms with Gasteiger partial charge >= 0.3 is 6.18 Å². The van der Waals surface area contributed by atoms with Crippen molar-refractivity contribution in [3.63, 3.8) is 0 Å². The zero-order chi connectivity index (χ0) is 21.4. The number of anilines is 1. The highest BCUT2D eigenvalue weighted by Gasteiger charge is 2.59. The lowest BCUT2D eigenvalue weighted by Gasteiger charge is -2.33. The number of hydrogen-bond acceptors (Lipinski definition) is 2. The van der Waals surface area contributed by atoms with Crippen molar-refractivity contribution in [1.29, 1.82) is 0 Å². The molecule has 2 aromatic rings. The Morgan fingerprint density at radius 3 is 2.41 bits per heavy atom. The second-order valence-corrected chi connectivity index (χ2v) is 8.82. The lowest BCUT2D eigenvalue weighted by Crippen LogP contribution is -2.44. The smallest absolute Gasteiger partial charge is 0.370 e. The van der Waals surface area contributed by atoms with Crippen LogP contribution in [0.25, 0.3) is 0 Å². The Morgan fingerprint density at radius 1 is 1.21 bits per heavy atom. The Kier molecular flexibility index (Phi) is 6.41. The molecule has 1 N–H and O–H groups in total. The third kappa shape index (κ3) is 4.67. The van der Waals surface area contributed by atoms with Crippen LogP contribution in [0.3, 0.4) is 0 Å². The molecule has 0 spiro atoms. The molecule has 3 nitrogen and oxygen atoms in total. The molecule has 0 saturated carbocycles. The van der Waals surface area contributed by atoms with Gasteiger partial charge in [-0.15, -0.1) is 0 Å². The maximum atomic E-state index is 14.2. The number of nitrogens with one attached hydrogen (secondary N) is 1. The Morgan fingerprint density at radius 2 is 1.86 bits per heavy atom.